The maximum Gasteiger partial charge on any atom is 0.220 e. The van der Waals surface area contributed by atoms with Gasteiger partial charge in [0.15, 0.2) is 0 Å². The van der Waals surface area contributed by atoms with Gasteiger partial charge in [-0.1, -0.05) is 0 Å². The van der Waals surface area contributed by atoms with Crippen LogP contribution in [0, 0.1) is 0 Å². The maximum absolute atomic E-state index is 11.4. The molecule has 84 valence electrons. The third-order valence-electron chi connectivity index (χ3n) is 1.82. The Morgan fingerprint density at radius 1 is 1.57 bits per heavy atom. The van der Waals surface area contributed by atoms with Gasteiger partial charge in [0.25, 0.3) is 0 Å². The van der Waals surface area contributed by atoms with E-state index in [9.17, 15) is 4.79 Å². The third-order valence-corrected chi connectivity index (χ3v) is 1.82. The zero-order valence-electron chi connectivity index (χ0n) is 9.59. The fourth-order valence-corrected chi connectivity index (χ4v) is 1.07. The minimum Gasteiger partial charge on any atom is -0.383 e. The summed E-state index contributed by atoms with van der Waals surface area (Å²) in [7, 11) is 1.62. The van der Waals surface area contributed by atoms with Gasteiger partial charge in [0.2, 0.25) is 5.91 Å². The molecule has 0 aliphatic rings. The highest BCUT2D eigenvalue weighted by Gasteiger charge is 2.14. The Labute approximate surface area is 86.2 Å². The van der Waals surface area contributed by atoms with Crippen LogP contribution >= 0.6 is 0 Å². The molecule has 4 nitrogen and oxygen atoms in total. The molecule has 0 aliphatic heterocycles. The molecule has 0 aliphatic carbocycles. The molecule has 0 aromatic rings. The smallest absolute Gasteiger partial charge is 0.220 e. The number of nitrogens with two attached hydrogens (primary N) is 1. The van der Waals surface area contributed by atoms with Crippen LogP contribution in [-0.2, 0) is 9.53 Å². The fraction of sp³-hybridized carbons (Fsp3) is 0.900. The van der Waals surface area contributed by atoms with Crippen molar-refractivity contribution in [2.45, 2.75) is 45.2 Å². The zero-order valence-corrected chi connectivity index (χ0v) is 9.59. The van der Waals surface area contributed by atoms with Crippen molar-refractivity contribution >= 4 is 5.91 Å². The molecule has 1 amide bonds. The predicted octanol–water partition coefficient (Wildman–Crippen LogP) is 0.655. The summed E-state index contributed by atoms with van der Waals surface area (Å²) in [6, 6.07) is 0.0633. The first-order chi connectivity index (χ1) is 6.35. The van der Waals surface area contributed by atoms with E-state index in [1.165, 1.54) is 0 Å². The Morgan fingerprint density at radius 3 is 2.57 bits per heavy atom. The van der Waals surface area contributed by atoms with E-state index in [0.29, 0.717) is 19.4 Å². The molecule has 3 N–H and O–H groups in total. The fourth-order valence-electron chi connectivity index (χ4n) is 1.07. The number of ether oxygens (including phenoxy) is 1. The highest BCUT2D eigenvalue weighted by Crippen LogP contribution is 2.06. The van der Waals surface area contributed by atoms with Crippen molar-refractivity contribution in [3.63, 3.8) is 0 Å². The van der Waals surface area contributed by atoms with Gasteiger partial charge in [0.1, 0.15) is 0 Å². The van der Waals surface area contributed by atoms with Crippen LogP contribution in [0.1, 0.15) is 33.6 Å². The molecule has 0 bridgehead atoms. The molecule has 0 aromatic carbocycles. The van der Waals surface area contributed by atoms with Crippen LogP contribution in [0.3, 0.4) is 0 Å². The van der Waals surface area contributed by atoms with Gasteiger partial charge in [-0.2, -0.15) is 0 Å². The van der Waals surface area contributed by atoms with Gasteiger partial charge in [-0.05, 0) is 27.2 Å². The molecule has 0 rings (SSSR count). The highest BCUT2D eigenvalue weighted by molar-refractivity contribution is 5.76. The predicted molar refractivity (Wildman–Crippen MR) is 57.0 cm³/mol. The van der Waals surface area contributed by atoms with Crippen molar-refractivity contribution in [3.05, 3.63) is 0 Å². The summed E-state index contributed by atoms with van der Waals surface area (Å²) in [6.07, 6.45) is 1.16. The Hall–Kier alpha value is -0.610. The van der Waals surface area contributed by atoms with Crippen LogP contribution in [-0.4, -0.2) is 31.2 Å². The second-order valence-electron chi connectivity index (χ2n) is 4.41. The first-order valence-electron chi connectivity index (χ1n) is 4.92. The summed E-state index contributed by atoms with van der Waals surface area (Å²) in [5, 5.41) is 2.83. The van der Waals surface area contributed by atoms with Crippen LogP contribution in [0.4, 0.5) is 0 Å². The second kappa shape index (κ2) is 5.98. The van der Waals surface area contributed by atoms with Crippen LogP contribution in [0.2, 0.25) is 0 Å². The van der Waals surface area contributed by atoms with Gasteiger partial charge >= 0.3 is 0 Å². The van der Waals surface area contributed by atoms with Crippen LogP contribution in [0.5, 0.6) is 0 Å². The van der Waals surface area contributed by atoms with Gasteiger partial charge in [-0.3, -0.25) is 4.79 Å². The van der Waals surface area contributed by atoms with Crippen LogP contribution in [0.15, 0.2) is 0 Å². The normalized spacial score (nSPS) is 13.8. The quantitative estimate of drug-likeness (QED) is 0.665. The summed E-state index contributed by atoms with van der Waals surface area (Å²) in [5.41, 5.74) is 5.49. The zero-order chi connectivity index (χ0) is 11.2. The lowest BCUT2D eigenvalue weighted by Crippen LogP contribution is -2.38. The SMILES string of the molecule is COCC(C)NC(=O)CCC(C)(C)N. The molecule has 0 spiro atoms. The molecule has 0 aromatic heterocycles. The molecule has 0 heterocycles. The van der Waals surface area contributed by atoms with E-state index in [-0.39, 0.29) is 17.5 Å². The summed E-state index contributed by atoms with van der Waals surface area (Å²) in [6.45, 7) is 6.28. The van der Waals surface area contributed by atoms with E-state index >= 15 is 0 Å². The minimum absolute atomic E-state index is 0.0353. The molecule has 0 saturated heterocycles. The standard InChI is InChI=1S/C10H22N2O2/c1-8(7-14-4)12-9(13)5-6-10(2,3)11/h8H,5-7,11H2,1-4H3,(H,12,13). The summed E-state index contributed by atoms with van der Waals surface area (Å²) >= 11 is 0. The highest BCUT2D eigenvalue weighted by atomic mass is 16.5. The number of methoxy groups -OCH3 is 1. The lowest BCUT2D eigenvalue weighted by molar-refractivity contribution is -0.122. The number of hydrogen-bond donors (Lipinski definition) is 2. The number of carbonyl (C=O) groups excluding carboxylic acids is 1. The average Bonchev–Trinajstić information content (AvgIpc) is 2.00. The second-order valence-corrected chi connectivity index (χ2v) is 4.41. The molecular formula is C10H22N2O2. The topological polar surface area (TPSA) is 64.3 Å². The van der Waals surface area contributed by atoms with Crippen LogP contribution in [0.25, 0.3) is 0 Å². The maximum atomic E-state index is 11.4. The van der Waals surface area contributed by atoms with E-state index in [1.54, 1.807) is 7.11 Å². The molecular weight excluding hydrogens is 180 g/mol. The number of nitrogens with one attached hydrogen (secondary N) is 1. The summed E-state index contributed by atoms with van der Waals surface area (Å²) in [5.74, 6) is 0.0353. The Morgan fingerprint density at radius 2 is 2.14 bits per heavy atom. The Bertz CT molecular complexity index is 175. The summed E-state index contributed by atoms with van der Waals surface area (Å²) < 4.78 is 4.91. The monoisotopic (exact) mass is 202 g/mol. The van der Waals surface area contributed by atoms with Gasteiger partial charge in [-0.25, -0.2) is 0 Å². The lowest BCUT2D eigenvalue weighted by atomic mass is 10.00. The number of amides is 1. The first-order valence-corrected chi connectivity index (χ1v) is 4.92. The molecule has 0 radical (unpaired) electrons. The molecule has 4 heteroatoms. The van der Waals surface area contributed by atoms with Crippen LogP contribution < -0.4 is 11.1 Å². The Balaban J connectivity index is 3.65. The van der Waals surface area contributed by atoms with Crippen molar-refractivity contribution in [2.24, 2.45) is 5.73 Å². The van der Waals surface area contributed by atoms with E-state index in [4.69, 9.17) is 10.5 Å². The van der Waals surface area contributed by atoms with Crippen molar-refractivity contribution in [1.82, 2.24) is 5.32 Å². The van der Waals surface area contributed by atoms with Crippen molar-refractivity contribution in [3.8, 4) is 0 Å². The number of hydrogen-bond acceptors (Lipinski definition) is 3. The number of carbonyl (C=O) groups is 1. The first kappa shape index (κ1) is 13.4. The van der Waals surface area contributed by atoms with E-state index in [2.05, 4.69) is 5.32 Å². The van der Waals surface area contributed by atoms with Gasteiger partial charge in [-0.15, -0.1) is 0 Å². The largest absolute Gasteiger partial charge is 0.383 e. The van der Waals surface area contributed by atoms with E-state index in [0.717, 1.165) is 0 Å². The van der Waals surface area contributed by atoms with Gasteiger partial charge in [0.05, 0.1) is 6.61 Å². The van der Waals surface area contributed by atoms with Gasteiger partial charge in [0, 0.05) is 25.1 Å². The molecule has 1 unspecified atom stereocenters. The summed E-state index contributed by atoms with van der Waals surface area (Å²) in [4.78, 5) is 11.4. The van der Waals surface area contributed by atoms with Gasteiger partial charge < -0.3 is 15.8 Å². The molecule has 0 fully saturated rings. The van der Waals surface area contributed by atoms with E-state index in [1.807, 2.05) is 20.8 Å². The molecule has 0 saturated carbocycles. The van der Waals surface area contributed by atoms with Crippen molar-refractivity contribution in [2.75, 3.05) is 13.7 Å². The average molecular weight is 202 g/mol. The minimum atomic E-state index is -0.276. The molecule has 1 atom stereocenters. The lowest BCUT2D eigenvalue weighted by Gasteiger charge is -2.19. The Kier molecular flexibility index (Phi) is 5.72. The molecule has 14 heavy (non-hydrogen) atoms. The van der Waals surface area contributed by atoms with Crippen molar-refractivity contribution < 1.29 is 9.53 Å². The van der Waals surface area contributed by atoms with Crippen molar-refractivity contribution in [1.29, 1.82) is 0 Å². The van der Waals surface area contributed by atoms with E-state index < -0.39 is 0 Å². The third kappa shape index (κ3) is 8.01. The number of rotatable bonds is 6.